The zero-order chi connectivity index (χ0) is 18.8. The molecule has 2 aromatic carbocycles. The Labute approximate surface area is 176 Å². The van der Waals surface area contributed by atoms with Gasteiger partial charge in [-0.15, -0.1) is 0 Å². The Kier molecular flexibility index (Phi) is 3.85. The van der Waals surface area contributed by atoms with Crippen LogP contribution in [0.2, 0.25) is 0 Å². The molecule has 0 N–H and O–H groups in total. The van der Waals surface area contributed by atoms with Gasteiger partial charge in [-0.3, -0.25) is 0 Å². The fourth-order valence-corrected chi connectivity index (χ4v) is 5.39. The zero-order valence-electron chi connectivity index (χ0n) is 16.3. The Balaban J connectivity index is 1.63. The molecule has 0 bridgehead atoms. The number of alkyl halides is 1. The molecule has 27 heavy (non-hydrogen) atoms. The molecule has 136 valence electrons. The van der Waals surface area contributed by atoms with Gasteiger partial charge in [-0.25, -0.2) is 0 Å². The number of benzene rings is 2. The molecule has 0 heterocycles. The summed E-state index contributed by atoms with van der Waals surface area (Å²) in [4.78, 5) is 0. The van der Waals surface area contributed by atoms with Crippen molar-refractivity contribution >= 4 is 34.2 Å². The van der Waals surface area contributed by atoms with Gasteiger partial charge in [-0.2, -0.15) is 0 Å². The lowest BCUT2D eigenvalue weighted by Gasteiger charge is -2.29. The lowest BCUT2D eigenvalue weighted by atomic mass is 9.78. The minimum absolute atomic E-state index is 0.0704. The zero-order valence-corrected chi connectivity index (χ0v) is 18.4. The number of halogens is 1. The second-order valence-corrected chi connectivity index (χ2v) is 11.4. The van der Waals surface area contributed by atoms with Crippen molar-refractivity contribution in [3.8, 4) is 11.1 Å². The van der Waals surface area contributed by atoms with Crippen molar-refractivity contribution in [2.75, 3.05) is 0 Å². The highest BCUT2D eigenvalue weighted by Crippen LogP contribution is 2.54. The van der Waals surface area contributed by atoms with Crippen LogP contribution in [-0.4, -0.2) is 3.42 Å². The van der Waals surface area contributed by atoms with Crippen LogP contribution in [0.1, 0.15) is 55.9 Å². The highest BCUT2D eigenvalue weighted by atomic mass is 127. The molecule has 5 rings (SSSR count). The third-order valence-corrected chi connectivity index (χ3v) is 7.20. The van der Waals surface area contributed by atoms with Crippen LogP contribution in [0.3, 0.4) is 0 Å². The maximum absolute atomic E-state index is 2.59. The Morgan fingerprint density at radius 2 is 1.74 bits per heavy atom. The molecule has 3 aliphatic carbocycles. The Morgan fingerprint density at radius 3 is 2.59 bits per heavy atom. The van der Waals surface area contributed by atoms with Crippen molar-refractivity contribution in [2.45, 2.75) is 48.9 Å². The van der Waals surface area contributed by atoms with Crippen LogP contribution in [0.15, 0.2) is 60.2 Å². The molecule has 1 atom stereocenters. The van der Waals surface area contributed by atoms with Gasteiger partial charge in [0.15, 0.2) is 0 Å². The molecule has 0 amide bonds. The van der Waals surface area contributed by atoms with E-state index in [0.29, 0.717) is 0 Å². The van der Waals surface area contributed by atoms with Crippen molar-refractivity contribution < 1.29 is 0 Å². The van der Waals surface area contributed by atoms with Crippen LogP contribution >= 0.6 is 22.6 Å². The first kappa shape index (κ1) is 17.5. The third kappa shape index (κ3) is 2.77. The van der Waals surface area contributed by atoms with Gasteiger partial charge in [0.1, 0.15) is 0 Å². The van der Waals surface area contributed by atoms with Gasteiger partial charge in [0.05, 0.1) is 0 Å². The summed E-state index contributed by atoms with van der Waals surface area (Å²) in [5.74, 6) is 0. The Hall–Kier alpha value is -1.61. The van der Waals surface area contributed by atoms with Gasteiger partial charge in [0, 0.05) is 8.84 Å². The predicted octanol–water partition coefficient (Wildman–Crippen LogP) is 7.51. The Bertz CT molecular complexity index is 1040. The first-order valence-corrected chi connectivity index (χ1v) is 11.0. The summed E-state index contributed by atoms with van der Waals surface area (Å²) < 4.78 is 0.227. The smallest absolute Gasteiger partial charge is 0.0413 e. The minimum Gasteiger partial charge on any atom is -0.0836 e. The molecule has 0 nitrogen and oxygen atoms in total. The van der Waals surface area contributed by atoms with Crippen LogP contribution in [-0.2, 0) is 11.8 Å². The van der Waals surface area contributed by atoms with E-state index < -0.39 is 0 Å². The fourth-order valence-electron chi connectivity index (χ4n) is 4.86. The molecule has 0 aliphatic heterocycles. The van der Waals surface area contributed by atoms with Crippen LogP contribution in [0, 0.1) is 0 Å². The average molecular weight is 464 g/mol. The van der Waals surface area contributed by atoms with Crippen LogP contribution in [0.25, 0.3) is 22.8 Å². The third-order valence-electron chi connectivity index (χ3n) is 6.45. The van der Waals surface area contributed by atoms with Gasteiger partial charge < -0.3 is 0 Å². The molecular weight excluding hydrogens is 439 g/mol. The minimum atomic E-state index is 0.0704. The van der Waals surface area contributed by atoms with E-state index in [-0.39, 0.29) is 8.84 Å². The number of fused-ring (bicyclic) bond motifs is 4. The molecule has 0 unspecified atom stereocenters. The number of hydrogen-bond donors (Lipinski definition) is 0. The van der Waals surface area contributed by atoms with Gasteiger partial charge >= 0.3 is 0 Å². The number of rotatable bonds is 1. The maximum Gasteiger partial charge on any atom is 0.0413 e. The standard InChI is InChI=1S/C26H25I/c1-25(2)23-15-20(19-9-8-17-6-4-5-7-18(17)14-19)10-11-21(23)22-12-13-26(3,27)16-24(22)25/h4,6,8-12,14-16H,5,7,13H2,1-3H3/t26-/m1/s1. The summed E-state index contributed by atoms with van der Waals surface area (Å²) >= 11 is 2.59. The topological polar surface area (TPSA) is 0 Å². The summed E-state index contributed by atoms with van der Waals surface area (Å²) in [6.45, 7) is 7.11. The summed E-state index contributed by atoms with van der Waals surface area (Å²) in [6.07, 6.45) is 12.9. The molecule has 0 fully saturated rings. The van der Waals surface area contributed by atoms with Gasteiger partial charge in [-0.1, -0.05) is 91.1 Å². The van der Waals surface area contributed by atoms with Gasteiger partial charge in [-0.05, 0) is 76.8 Å². The van der Waals surface area contributed by atoms with Crippen molar-refractivity contribution in [2.24, 2.45) is 0 Å². The molecule has 0 saturated heterocycles. The predicted molar refractivity (Wildman–Crippen MR) is 125 cm³/mol. The van der Waals surface area contributed by atoms with Crippen molar-refractivity contribution in [3.05, 3.63) is 82.5 Å². The summed E-state index contributed by atoms with van der Waals surface area (Å²) in [7, 11) is 0. The fraction of sp³-hybridized carbons (Fsp3) is 0.308. The van der Waals surface area contributed by atoms with Crippen molar-refractivity contribution in [3.63, 3.8) is 0 Å². The van der Waals surface area contributed by atoms with E-state index in [0.717, 1.165) is 19.3 Å². The molecule has 1 heteroatoms. The normalized spacial score (nSPS) is 24.6. The van der Waals surface area contributed by atoms with E-state index in [4.69, 9.17) is 0 Å². The van der Waals surface area contributed by atoms with E-state index >= 15 is 0 Å². The van der Waals surface area contributed by atoms with Crippen LogP contribution in [0.4, 0.5) is 0 Å². The number of allylic oxidation sites excluding steroid dienone is 5. The summed E-state index contributed by atoms with van der Waals surface area (Å²) in [6, 6.07) is 14.1. The molecule has 0 aromatic heterocycles. The van der Waals surface area contributed by atoms with Crippen LogP contribution < -0.4 is 0 Å². The molecule has 0 saturated carbocycles. The van der Waals surface area contributed by atoms with E-state index in [9.17, 15) is 0 Å². The Morgan fingerprint density at radius 1 is 0.963 bits per heavy atom. The first-order chi connectivity index (χ1) is 12.9. The largest absolute Gasteiger partial charge is 0.0836 e. The first-order valence-electron chi connectivity index (χ1n) is 9.93. The number of hydrogen-bond acceptors (Lipinski definition) is 0. The second-order valence-electron chi connectivity index (χ2n) is 8.90. The van der Waals surface area contributed by atoms with E-state index in [1.807, 2.05) is 0 Å². The average Bonchev–Trinajstić information content (AvgIpc) is 2.87. The molecule has 2 aromatic rings. The van der Waals surface area contributed by atoms with E-state index in [1.54, 1.807) is 0 Å². The van der Waals surface area contributed by atoms with Crippen molar-refractivity contribution in [1.29, 1.82) is 0 Å². The molecule has 3 aliphatic rings. The molecular formula is C26H25I. The lowest BCUT2D eigenvalue weighted by molar-refractivity contribution is 0.647. The van der Waals surface area contributed by atoms with Crippen LogP contribution in [0.5, 0.6) is 0 Å². The summed E-state index contributed by atoms with van der Waals surface area (Å²) in [5.41, 5.74) is 11.5. The number of aryl methyl sites for hydroxylation is 1. The second kappa shape index (κ2) is 5.94. The van der Waals surface area contributed by atoms with Crippen molar-refractivity contribution in [1.82, 2.24) is 0 Å². The van der Waals surface area contributed by atoms with E-state index in [1.165, 1.54) is 44.5 Å². The maximum atomic E-state index is 2.59. The van der Waals surface area contributed by atoms with Gasteiger partial charge in [0.25, 0.3) is 0 Å². The van der Waals surface area contributed by atoms with E-state index in [2.05, 4.69) is 104 Å². The molecule has 0 radical (unpaired) electrons. The monoisotopic (exact) mass is 464 g/mol. The SMILES string of the molecule is CC1(C)C2=C[C@](C)(I)CC=C2c2ccc(-c3ccc4c(c3)CCC=C4)cc21. The molecule has 0 spiro atoms. The summed E-state index contributed by atoms with van der Waals surface area (Å²) in [5, 5.41) is 0. The highest BCUT2D eigenvalue weighted by Gasteiger charge is 2.41. The van der Waals surface area contributed by atoms with Gasteiger partial charge in [0.2, 0.25) is 0 Å². The highest BCUT2D eigenvalue weighted by molar-refractivity contribution is 14.1. The lowest BCUT2D eigenvalue weighted by Crippen LogP contribution is -2.22. The quantitative estimate of drug-likeness (QED) is 0.303.